The van der Waals surface area contributed by atoms with E-state index in [4.69, 9.17) is 5.11 Å². The summed E-state index contributed by atoms with van der Waals surface area (Å²) in [5, 5.41) is 14.0. The number of hydrogen-bond acceptors (Lipinski definition) is 4. The van der Waals surface area contributed by atoms with Crippen molar-refractivity contribution >= 4 is 23.2 Å². The number of carboxylic acid groups (broad SMARTS) is 1. The Labute approximate surface area is 110 Å². The minimum Gasteiger partial charge on any atom is -0.481 e. The maximum absolute atomic E-state index is 11.5. The van der Waals surface area contributed by atoms with Crippen molar-refractivity contribution in [1.82, 2.24) is 10.3 Å². The van der Waals surface area contributed by atoms with Crippen LogP contribution >= 0.6 is 11.3 Å². The molecule has 0 spiro atoms. The topological polar surface area (TPSA) is 79.3 Å². The van der Waals surface area contributed by atoms with E-state index in [9.17, 15) is 9.59 Å². The normalized spacial score (nSPS) is 10.3. The van der Waals surface area contributed by atoms with Crippen molar-refractivity contribution in [2.75, 3.05) is 6.54 Å². The van der Waals surface area contributed by atoms with Crippen molar-refractivity contribution in [3.8, 4) is 0 Å². The molecule has 0 aliphatic rings. The lowest BCUT2D eigenvalue weighted by Crippen LogP contribution is -2.26. The molecule has 0 saturated heterocycles. The number of rotatable bonds is 8. The number of aryl methyl sites for hydroxylation is 1. The molecule has 0 fully saturated rings. The molecule has 0 atom stereocenters. The standard InChI is InChI=1S/C12H18N2O3S/c1-9-8-18-11(14-9)7-10(15)13-6-4-2-3-5-12(16)17/h8H,2-7H2,1H3,(H,13,15)(H,16,17). The van der Waals surface area contributed by atoms with Crippen molar-refractivity contribution in [2.24, 2.45) is 0 Å². The second-order valence-corrected chi connectivity index (χ2v) is 5.06. The first kappa shape index (κ1) is 14.6. The van der Waals surface area contributed by atoms with Gasteiger partial charge in [0, 0.05) is 24.0 Å². The Bertz CT molecular complexity index is 404. The summed E-state index contributed by atoms with van der Waals surface area (Å²) >= 11 is 1.49. The summed E-state index contributed by atoms with van der Waals surface area (Å²) in [7, 11) is 0. The molecular formula is C12H18N2O3S. The highest BCUT2D eigenvalue weighted by Crippen LogP contribution is 2.09. The van der Waals surface area contributed by atoms with Gasteiger partial charge in [-0.1, -0.05) is 6.42 Å². The molecule has 1 rings (SSSR count). The second kappa shape index (κ2) is 7.81. The lowest BCUT2D eigenvalue weighted by Gasteiger charge is -2.03. The van der Waals surface area contributed by atoms with E-state index in [1.54, 1.807) is 0 Å². The van der Waals surface area contributed by atoms with Gasteiger partial charge in [-0.25, -0.2) is 4.98 Å². The number of amides is 1. The van der Waals surface area contributed by atoms with Crippen LogP contribution in [-0.2, 0) is 16.0 Å². The second-order valence-electron chi connectivity index (χ2n) is 4.11. The number of carbonyl (C=O) groups excluding carboxylic acids is 1. The monoisotopic (exact) mass is 270 g/mol. The zero-order valence-electron chi connectivity index (χ0n) is 10.4. The average Bonchev–Trinajstić information content (AvgIpc) is 2.68. The molecule has 0 saturated carbocycles. The Balaban J connectivity index is 2.05. The predicted octanol–water partition coefficient (Wildman–Crippen LogP) is 1.76. The largest absolute Gasteiger partial charge is 0.481 e. The van der Waals surface area contributed by atoms with E-state index in [1.165, 1.54) is 11.3 Å². The van der Waals surface area contributed by atoms with E-state index in [0.29, 0.717) is 19.4 Å². The highest BCUT2D eigenvalue weighted by atomic mass is 32.1. The molecule has 6 heteroatoms. The van der Waals surface area contributed by atoms with Crippen LogP contribution < -0.4 is 5.32 Å². The van der Waals surface area contributed by atoms with Gasteiger partial charge in [0.1, 0.15) is 5.01 Å². The van der Waals surface area contributed by atoms with E-state index < -0.39 is 5.97 Å². The molecule has 0 radical (unpaired) electrons. The Kier molecular flexibility index (Phi) is 6.35. The SMILES string of the molecule is Cc1csc(CC(=O)NCCCCCC(=O)O)n1. The molecule has 1 heterocycles. The molecule has 0 aromatic carbocycles. The zero-order chi connectivity index (χ0) is 13.4. The first-order chi connectivity index (χ1) is 8.58. The van der Waals surface area contributed by atoms with Crippen LogP contribution in [0.4, 0.5) is 0 Å². The molecule has 2 N–H and O–H groups in total. The van der Waals surface area contributed by atoms with Crippen molar-refractivity contribution in [2.45, 2.75) is 39.0 Å². The molecular weight excluding hydrogens is 252 g/mol. The van der Waals surface area contributed by atoms with Gasteiger partial charge in [0.2, 0.25) is 5.91 Å². The lowest BCUT2D eigenvalue weighted by atomic mass is 10.2. The lowest BCUT2D eigenvalue weighted by molar-refractivity contribution is -0.137. The third-order valence-electron chi connectivity index (χ3n) is 2.37. The summed E-state index contributed by atoms with van der Waals surface area (Å²) in [6, 6.07) is 0. The van der Waals surface area contributed by atoms with E-state index in [0.717, 1.165) is 23.5 Å². The van der Waals surface area contributed by atoms with E-state index >= 15 is 0 Å². The average molecular weight is 270 g/mol. The summed E-state index contributed by atoms with van der Waals surface area (Å²) in [4.78, 5) is 26.0. The van der Waals surface area contributed by atoms with Gasteiger partial charge in [-0.05, 0) is 19.8 Å². The molecule has 0 aliphatic carbocycles. The fraction of sp³-hybridized carbons (Fsp3) is 0.583. The Morgan fingerprint density at radius 2 is 2.17 bits per heavy atom. The number of nitrogens with zero attached hydrogens (tertiary/aromatic N) is 1. The van der Waals surface area contributed by atoms with Gasteiger partial charge in [0.05, 0.1) is 6.42 Å². The number of nitrogens with one attached hydrogen (secondary N) is 1. The molecule has 5 nitrogen and oxygen atoms in total. The highest BCUT2D eigenvalue weighted by molar-refractivity contribution is 7.09. The first-order valence-electron chi connectivity index (χ1n) is 5.97. The zero-order valence-corrected chi connectivity index (χ0v) is 11.3. The van der Waals surface area contributed by atoms with Crippen LogP contribution in [0.3, 0.4) is 0 Å². The molecule has 18 heavy (non-hydrogen) atoms. The molecule has 0 aliphatic heterocycles. The maximum Gasteiger partial charge on any atom is 0.303 e. The summed E-state index contributed by atoms with van der Waals surface area (Å²) in [5.74, 6) is -0.791. The summed E-state index contributed by atoms with van der Waals surface area (Å²) in [6.07, 6.45) is 2.83. The van der Waals surface area contributed by atoms with Crippen LogP contribution in [-0.4, -0.2) is 28.5 Å². The van der Waals surface area contributed by atoms with Crippen LogP contribution in [0, 0.1) is 6.92 Å². The Morgan fingerprint density at radius 3 is 2.78 bits per heavy atom. The first-order valence-corrected chi connectivity index (χ1v) is 6.85. The van der Waals surface area contributed by atoms with Crippen LogP contribution in [0.25, 0.3) is 0 Å². The number of aliphatic carboxylic acids is 1. The van der Waals surface area contributed by atoms with Crippen LogP contribution in [0.1, 0.15) is 36.4 Å². The molecule has 100 valence electrons. The van der Waals surface area contributed by atoms with E-state index in [-0.39, 0.29) is 12.3 Å². The maximum atomic E-state index is 11.5. The van der Waals surface area contributed by atoms with E-state index in [2.05, 4.69) is 10.3 Å². The van der Waals surface area contributed by atoms with Crippen molar-refractivity contribution in [3.63, 3.8) is 0 Å². The number of carbonyl (C=O) groups is 2. The summed E-state index contributed by atoms with van der Waals surface area (Å²) < 4.78 is 0. The fourth-order valence-corrected chi connectivity index (χ4v) is 2.26. The van der Waals surface area contributed by atoms with Crippen LogP contribution in [0.15, 0.2) is 5.38 Å². The van der Waals surface area contributed by atoms with Crippen molar-refractivity contribution in [3.05, 3.63) is 16.1 Å². The fourth-order valence-electron chi connectivity index (χ4n) is 1.49. The summed E-state index contributed by atoms with van der Waals surface area (Å²) in [5.41, 5.74) is 0.941. The number of hydrogen-bond donors (Lipinski definition) is 2. The van der Waals surface area contributed by atoms with Gasteiger partial charge < -0.3 is 10.4 Å². The molecule has 1 amide bonds. The molecule has 1 aromatic heterocycles. The third kappa shape index (κ3) is 6.34. The van der Waals surface area contributed by atoms with E-state index in [1.807, 2.05) is 12.3 Å². The smallest absolute Gasteiger partial charge is 0.303 e. The predicted molar refractivity (Wildman–Crippen MR) is 69.7 cm³/mol. The third-order valence-corrected chi connectivity index (χ3v) is 3.33. The van der Waals surface area contributed by atoms with Gasteiger partial charge in [-0.2, -0.15) is 0 Å². The number of aromatic nitrogens is 1. The van der Waals surface area contributed by atoms with Gasteiger partial charge in [-0.15, -0.1) is 11.3 Å². The molecule has 1 aromatic rings. The van der Waals surface area contributed by atoms with Gasteiger partial charge in [0.25, 0.3) is 0 Å². The number of thiazole rings is 1. The van der Waals surface area contributed by atoms with Gasteiger partial charge in [-0.3, -0.25) is 9.59 Å². The molecule has 0 unspecified atom stereocenters. The van der Waals surface area contributed by atoms with Crippen LogP contribution in [0.5, 0.6) is 0 Å². The Morgan fingerprint density at radius 1 is 1.39 bits per heavy atom. The quantitative estimate of drug-likeness (QED) is 0.705. The van der Waals surface area contributed by atoms with Gasteiger partial charge >= 0.3 is 5.97 Å². The number of unbranched alkanes of at least 4 members (excludes halogenated alkanes) is 2. The Hall–Kier alpha value is -1.43. The van der Waals surface area contributed by atoms with Crippen molar-refractivity contribution < 1.29 is 14.7 Å². The minimum absolute atomic E-state index is 0.0254. The summed E-state index contributed by atoms with van der Waals surface area (Å²) in [6.45, 7) is 2.50. The number of carboxylic acids is 1. The molecule has 0 bridgehead atoms. The minimum atomic E-state index is -0.766. The van der Waals surface area contributed by atoms with Crippen molar-refractivity contribution in [1.29, 1.82) is 0 Å². The van der Waals surface area contributed by atoms with Gasteiger partial charge in [0.15, 0.2) is 0 Å². The highest BCUT2D eigenvalue weighted by Gasteiger charge is 2.05. The van der Waals surface area contributed by atoms with Crippen LogP contribution in [0.2, 0.25) is 0 Å².